The minimum atomic E-state index is -0.195. The summed E-state index contributed by atoms with van der Waals surface area (Å²) in [4.78, 5) is 12.2. The largest absolute Gasteiger partial charge is 0.320 e. The lowest BCUT2D eigenvalue weighted by Crippen LogP contribution is -2.13. The molecular weight excluding hydrogens is 262 g/mol. The Hall–Kier alpha value is -2.88. The number of hydrogen-bond acceptors (Lipinski definition) is 2. The molecule has 104 valence electrons. The van der Waals surface area contributed by atoms with Crippen LogP contribution in [0.25, 0.3) is 11.3 Å². The summed E-state index contributed by atoms with van der Waals surface area (Å²) >= 11 is 0. The van der Waals surface area contributed by atoms with Crippen molar-refractivity contribution in [3.63, 3.8) is 0 Å². The fraction of sp³-hybridized carbons (Fsp3) is 0.0588. The number of aromatic amines is 1. The van der Waals surface area contributed by atoms with E-state index in [1.165, 1.54) is 0 Å². The van der Waals surface area contributed by atoms with Crippen molar-refractivity contribution < 1.29 is 4.79 Å². The van der Waals surface area contributed by atoms with Gasteiger partial charge in [-0.15, -0.1) is 0 Å². The average Bonchev–Trinajstić information content (AvgIpc) is 3.00. The molecule has 0 saturated heterocycles. The highest BCUT2D eigenvalue weighted by atomic mass is 16.1. The number of anilines is 1. The quantitative estimate of drug-likeness (QED) is 0.768. The number of H-pyrrole nitrogens is 1. The summed E-state index contributed by atoms with van der Waals surface area (Å²) in [5, 5.41) is 9.85. The van der Waals surface area contributed by atoms with E-state index in [0.29, 0.717) is 5.69 Å². The molecule has 3 aromatic rings. The predicted octanol–water partition coefficient (Wildman–Crippen LogP) is 3.64. The summed E-state index contributed by atoms with van der Waals surface area (Å²) in [6, 6.07) is 19.2. The van der Waals surface area contributed by atoms with Crippen LogP contribution in [0.2, 0.25) is 0 Å². The maximum atomic E-state index is 12.2. The molecule has 4 heteroatoms. The van der Waals surface area contributed by atoms with Gasteiger partial charge in [0.1, 0.15) is 5.69 Å². The second-order valence-corrected chi connectivity index (χ2v) is 4.80. The van der Waals surface area contributed by atoms with Gasteiger partial charge in [-0.3, -0.25) is 9.89 Å². The molecule has 0 spiro atoms. The van der Waals surface area contributed by atoms with Crippen LogP contribution in [-0.4, -0.2) is 16.1 Å². The number of carbonyl (C=O) groups is 1. The standard InChI is InChI=1S/C17H15N3O/c1-12-7-5-6-10-14(12)18-17(21)16-11-15(19-20-16)13-8-3-2-4-9-13/h2-11H,1H3,(H,18,21)(H,19,20). The lowest BCUT2D eigenvalue weighted by Gasteiger charge is -2.06. The third kappa shape index (κ3) is 2.84. The third-order valence-electron chi connectivity index (χ3n) is 3.29. The minimum absolute atomic E-state index is 0.195. The zero-order chi connectivity index (χ0) is 14.7. The zero-order valence-electron chi connectivity index (χ0n) is 11.6. The fourth-order valence-corrected chi connectivity index (χ4v) is 2.10. The molecule has 0 aliphatic carbocycles. The van der Waals surface area contributed by atoms with Crippen LogP contribution < -0.4 is 5.32 Å². The average molecular weight is 277 g/mol. The molecule has 1 heterocycles. The molecule has 21 heavy (non-hydrogen) atoms. The van der Waals surface area contributed by atoms with Crippen molar-refractivity contribution in [2.75, 3.05) is 5.32 Å². The number of carbonyl (C=O) groups excluding carboxylic acids is 1. The van der Waals surface area contributed by atoms with E-state index >= 15 is 0 Å². The van der Waals surface area contributed by atoms with Crippen LogP contribution in [0.4, 0.5) is 5.69 Å². The number of aryl methyl sites for hydroxylation is 1. The molecule has 0 aliphatic rings. The molecule has 0 unspecified atom stereocenters. The highest BCUT2D eigenvalue weighted by Gasteiger charge is 2.11. The highest BCUT2D eigenvalue weighted by Crippen LogP contribution is 2.18. The van der Waals surface area contributed by atoms with E-state index in [-0.39, 0.29) is 5.91 Å². The number of para-hydroxylation sites is 1. The lowest BCUT2D eigenvalue weighted by atomic mass is 10.1. The molecule has 0 atom stereocenters. The maximum Gasteiger partial charge on any atom is 0.273 e. The summed E-state index contributed by atoms with van der Waals surface area (Å²) in [7, 11) is 0. The third-order valence-corrected chi connectivity index (χ3v) is 3.29. The molecule has 2 aromatic carbocycles. The van der Waals surface area contributed by atoms with Crippen molar-refractivity contribution in [1.82, 2.24) is 10.2 Å². The van der Waals surface area contributed by atoms with Gasteiger partial charge in [0.25, 0.3) is 5.91 Å². The molecule has 0 bridgehead atoms. The van der Waals surface area contributed by atoms with E-state index < -0.39 is 0 Å². The van der Waals surface area contributed by atoms with E-state index in [0.717, 1.165) is 22.5 Å². The van der Waals surface area contributed by atoms with E-state index in [1.807, 2.05) is 61.5 Å². The van der Waals surface area contributed by atoms with Gasteiger partial charge in [0.2, 0.25) is 0 Å². The normalized spacial score (nSPS) is 10.3. The zero-order valence-corrected chi connectivity index (χ0v) is 11.6. The molecule has 0 radical (unpaired) electrons. The number of benzene rings is 2. The second kappa shape index (κ2) is 5.63. The Morgan fingerprint density at radius 3 is 2.52 bits per heavy atom. The molecule has 4 nitrogen and oxygen atoms in total. The maximum absolute atomic E-state index is 12.2. The van der Waals surface area contributed by atoms with Crippen molar-refractivity contribution in [3.8, 4) is 11.3 Å². The predicted molar refractivity (Wildman–Crippen MR) is 83.2 cm³/mol. The van der Waals surface area contributed by atoms with Gasteiger partial charge in [-0.05, 0) is 24.6 Å². The summed E-state index contributed by atoms with van der Waals surface area (Å²) in [5.74, 6) is -0.195. The lowest BCUT2D eigenvalue weighted by molar-refractivity contribution is 0.102. The SMILES string of the molecule is Cc1ccccc1NC(=O)c1cc(-c2ccccc2)n[nH]1. The van der Waals surface area contributed by atoms with E-state index in [1.54, 1.807) is 6.07 Å². The Kier molecular flexibility index (Phi) is 3.51. The molecule has 0 aliphatic heterocycles. The van der Waals surface area contributed by atoms with Crippen molar-refractivity contribution in [3.05, 3.63) is 71.9 Å². The van der Waals surface area contributed by atoms with Crippen LogP contribution in [0.3, 0.4) is 0 Å². The van der Waals surface area contributed by atoms with Crippen molar-refractivity contribution in [2.24, 2.45) is 0 Å². The first-order valence-corrected chi connectivity index (χ1v) is 6.72. The second-order valence-electron chi connectivity index (χ2n) is 4.80. The molecule has 1 aromatic heterocycles. The number of nitrogens with zero attached hydrogens (tertiary/aromatic N) is 1. The Balaban J connectivity index is 1.80. The van der Waals surface area contributed by atoms with Crippen LogP contribution in [-0.2, 0) is 0 Å². The number of rotatable bonds is 3. The minimum Gasteiger partial charge on any atom is -0.320 e. The number of hydrogen-bond donors (Lipinski definition) is 2. The molecule has 1 amide bonds. The van der Waals surface area contributed by atoms with Crippen LogP contribution in [0.1, 0.15) is 16.1 Å². The Morgan fingerprint density at radius 2 is 1.76 bits per heavy atom. The van der Waals surface area contributed by atoms with Crippen LogP contribution in [0.15, 0.2) is 60.7 Å². The molecule has 0 fully saturated rings. The highest BCUT2D eigenvalue weighted by molar-refractivity contribution is 6.03. The van der Waals surface area contributed by atoms with Gasteiger partial charge in [0, 0.05) is 11.3 Å². The Labute approximate surface area is 122 Å². The van der Waals surface area contributed by atoms with Crippen LogP contribution >= 0.6 is 0 Å². The summed E-state index contributed by atoms with van der Waals surface area (Å²) in [5.41, 5.74) is 4.00. The number of aromatic nitrogens is 2. The van der Waals surface area contributed by atoms with Gasteiger partial charge in [-0.2, -0.15) is 5.10 Å². The first-order valence-electron chi connectivity index (χ1n) is 6.72. The smallest absolute Gasteiger partial charge is 0.273 e. The van der Waals surface area contributed by atoms with E-state index in [9.17, 15) is 4.79 Å². The topological polar surface area (TPSA) is 57.8 Å². The van der Waals surface area contributed by atoms with Crippen molar-refractivity contribution in [1.29, 1.82) is 0 Å². The summed E-state index contributed by atoms with van der Waals surface area (Å²) < 4.78 is 0. The Morgan fingerprint density at radius 1 is 1.05 bits per heavy atom. The van der Waals surface area contributed by atoms with Crippen LogP contribution in [0, 0.1) is 6.92 Å². The molecule has 3 rings (SSSR count). The fourth-order valence-electron chi connectivity index (χ4n) is 2.10. The van der Waals surface area contributed by atoms with E-state index in [2.05, 4.69) is 15.5 Å². The first-order chi connectivity index (χ1) is 10.2. The van der Waals surface area contributed by atoms with E-state index in [4.69, 9.17) is 0 Å². The monoisotopic (exact) mass is 277 g/mol. The number of nitrogens with one attached hydrogen (secondary N) is 2. The Bertz CT molecular complexity index is 762. The van der Waals surface area contributed by atoms with Crippen LogP contribution in [0.5, 0.6) is 0 Å². The van der Waals surface area contributed by atoms with Gasteiger partial charge in [-0.1, -0.05) is 48.5 Å². The van der Waals surface area contributed by atoms with Gasteiger partial charge in [0.05, 0.1) is 5.69 Å². The summed E-state index contributed by atoms with van der Waals surface area (Å²) in [6.45, 7) is 1.96. The van der Waals surface area contributed by atoms with Gasteiger partial charge < -0.3 is 5.32 Å². The molecule has 0 saturated carbocycles. The van der Waals surface area contributed by atoms with Crippen molar-refractivity contribution >= 4 is 11.6 Å². The van der Waals surface area contributed by atoms with Crippen molar-refractivity contribution in [2.45, 2.75) is 6.92 Å². The summed E-state index contributed by atoms with van der Waals surface area (Å²) in [6.07, 6.45) is 0. The molecule has 2 N–H and O–H groups in total. The molecular formula is C17H15N3O. The number of amides is 1. The van der Waals surface area contributed by atoms with Gasteiger partial charge >= 0.3 is 0 Å². The van der Waals surface area contributed by atoms with Gasteiger partial charge in [0.15, 0.2) is 0 Å². The first kappa shape index (κ1) is 13.1. The van der Waals surface area contributed by atoms with Gasteiger partial charge in [-0.25, -0.2) is 0 Å².